The first-order valence-corrected chi connectivity index (χ1v) is 11.6. The second kappa shape index (κ2) is 8.68. The van der Waals surface area contributed by atoms with Crippen molar-refractivity contribution in [2.75, 3.05) is 19.7 Å². The van der Waals surface area contributed by atoms with Crippen molar-refractivity contribution in [1.29, 1.82) is 0 Å². The monoisotopic (exact) mass is 538 g/mol. The number of carbonyl (C=O) groups is 2. The molecule has 4 heterocycles. The molecule has 31 heavy (non-hydrogen) atoms. The van der Waals surface area contributed by atoms with Crippen LogP contribution in [0.1, 0.15) is 49.7 Å². The minimum atomic E-state index is -0.530. The van der Waals surface area contributed by atoms with E-state index >= 15 is 0 Å². The van der Waals surface area contributed by atoms with Crippen LogP contribution in [0.4, 0.5) is 4.79 Å². The molecule has 0 unspecified atom stereocenters. The SMILES string of the molecule is CC(C)(C)OC(=O)N1CCC[C@H]1COc1cnccc1-c1[nH]c2c(c1I)C(=O)NCC2. The number of nitrogens with zero attached hydrogens (tertiary/aromatic N) is 2. The Bertz CT molecular complexity index is 998. The second-order valence-corrected chi connectivity index (χ2v) is 9.90. The summed E-state index contributed by atoms with van der Waals surface area (Å²) in [4.78, 5) is 34.2. The Hall–Kier alpha value is -2.30. The molecule has 0 radical (unpaired) electrons. The van der Waals surface area contributed by atoms with Crippen LogP contribution in [0.2, 0.25) is 0 Å². The minimum Gasteiger partial charge on any atom is -0.489 e. The topological polar surface area (TPSA) is 96.5 Å². The van der Waals surface area contributed by atoms with Crippen molar-refractivity contribution in [2.45, 2.75) is 51.7 Å². The summed E-state index contributed by atoms with van der Waals surface area (Å²) >= 11 is 2.21. The Morgan fingerprint density at radius 3 is 2.94 bits per heavy atom. The first-order chi connectivity index (χ1) is 14.7. The van der Waals surface area contributed by atoms with E-state index < -0.39 is 5.60 Å². The molecule has 0 aliphatic carbocycles. The van der Waals surface area contributed by atoms with E-state index in [1.807, 2.05) is 26.8 Å². The lowest BCUT2D eigenvalue weighted by Crippen LogP contribution is -2.42. The number of rotatable bonds is 4. The Balaban J connectivity index is 1.53. The number of hydrogen-bond donors (Lipinski definition) is 2. The predicted octanol–water partition coefficient (Wildman–Crippen LogP) is 3.75. The molecular formula is C22H27IN4O4. The summed E-state index contributed by atoms with van der Waals surface area (Å²) in [5, 5.41) is 2.90. The first kappa shape index (κ1) is 21.9. The van der Waals surface area contributed by atoms with E-state index in [1.165, 1.54) is 0 Å². The van der Waals surface area contributed by atoms with Crippen molar-refractivity contribution in [2.24, 2.45) is 0 Å². The van der Waals surface area contributed by atoms with Crippen LogP contribution < -0.4 is 10.1 Å². The van der Waals surface area contributed by atoms with Gasteiger partial charge in [-0.1, -0.05) is 0 Å². The van der Waals surface area contributed by atoms with Gasteiger partial charge in [-0.05, 0) is 62.3 Å². The van der Waals surface area contributed by atoms with Gasteiger partial charge >= 0.3 is 6.09 Å². The summed E-state index contributed by atoms with van der Waals surface area (Å²) in [7, 11) is 0. The maximum Gasteiger partial charge on any atom is 0.410 e. The normalized spacial score (nSPS) is 18.5. The fraction of sp³-hybridized carbons (Fsp3) is 0.500. The van der Waals surface area contributed by atoms with Gasteiger partial charge in [-0.25, -0.2) is 4.79 Å². The molecule has 8 nitrogen and oxygen atoms in total. The summed E-state index contributed by atoms with van der Waals surface area (Å²) in [5.74, 6) is 0.569. The highest BCUT2D eigenvalue weighted by Crippen LogP contribution is 2.36. The number of H-pyrrole nitrogens is 1. The lowest BCUT2D eigenvalue weighted by molar-refractivity contribution is 0.0187. The minimum absolute atomic E-state index is 0.0513. The number of aromatic nitrogens is 2. The van der Waals surface area contributed by atoms with Gasteiger partial charge in [-0.2, -0.15) is 0 Å². The van der Waals surface area contributed by atoms with Crippen LogP contribution in [0, 0.1) is 3.57 Å². The molecule has 0 saturated carbocycles. The van der Waals surface area contributed by atoms with E-state index in [9.17, 15) is 9.59 Å². The molecule has 1 saturated heterocycles. The number of nitrogens with one attached hydrogen (secondary N) is 2. The molecule has 0 bridgehead atoms. The van der Waals surface area contributed by atoms with Gasteiger partial charge in [0, 0.05) is 37.0 Å². The lowest BCUT2D eigenvalue weighted by atomic mass is 10.1. The first-order valence-electron chi connectivity index (χ1n) is 10.5. The third-order valence-electron chi connectivity index (χ3n) is 5.39. The molecule has 0 spiro atoms. The summed E-state index contributed by atoms with van der Waals surface area (Å²) in [6.45, 7) is 7.25. The molecule has 1 fully saturated rings. The molecule has 2 aromatic heterocycles. The van der Waals surface area contributed by atoms with Crippen molar-refractivity contribution >= 4 is 34.6 Å². The van der Waals surface area contributed by atoms with Crippen LogP contribution >= 0.6 is 22.6 Å². The van der Waals surface area contributed by atoms with Crippen LogP contribution in [0.5, 0.6) is 5.75 Å². The zero-order valence-corrected chi connectivity index (χ0v) is 20.1. The maximum atomic E-state index is 12.6. The Morgan fingerprint density at radius 2 is 2.19 bits per heavy atom. The number of pyridine rings is 1. The van der Waals surface area contributed by atoms with E-state index in [0.29, 0.717) is 31.0 Å². The van der Waals surface area contributed by atoms with E-state index in [0.717, 1.165) is 39.8 Å². The van der Waals surface area contributed by atoms with E-state index in [1.54, 1.807) is 17.3 Å². The third kappa shape index (κ3) is 4.65. The molecule has 1 atom stereocenters. The lowest BCUT2D eigenvalue weighted by Gasteiger charge is -2.28. The summed E-state index contributed by atoms with van der Waals surface area (Å²) in [6.07, 6.45) is 5.64. The molecule has 4 rings (SSSR count). The summed E-state index contributed by atoms with van der Waals surface area (Å²) in [6, 6.07) is 1.83. The Morgan fingerprint density at radius 1 is 1.39 bits per heavy atom. The van der Waals surface area contributed by atoms with Gasteiger partial charge in [0.2, 0.25) is 0 Å². The average Bonchev–Trinajstić information content (AvgIpc) is 3.31. The number of halogens is 1. The molecule has 0 aromatic carbocycles. The fourth-order valence-corrected chi connectivity index (χ4v) is 4.98. The van der Waals surface area contributed by atoms with Gasteiger partial charge < -0.3 is 24.7 Å². The number of fused-ring (bicyclic) bond motifs is 1. The van der Waals surface area contributed by atoms with E-state index in [2.05, 4.69) is 37.9 Å². The molecule has 2 amide bonds. The number of ether oxygens (including phenoxy) is 2. The molecule has 2 aliphatic heterocycles. The zero-order valence-electron chi connectivity index (χ0n) is 18.0. The van der Waals surface area contributed by atoms with Gasteiger partial charge in [-0.3, -0.25) is 9.78 Å². The number of amides is 2. The van der Waals surface area contributed by atoms with E-state index in [4.69, 9.17) is 9.47 Å². The quantitative estimate of drug-likeness (QED) is 0.579. The molecule has 2 aliphatic rings. The average molecular weight is 538 g/mol. The van der Waals surface area contributed by atoms with Gasteiger partial charge in [0.1, 0.15) is 18.0 Å². The van der Waals surface area contributed by atoms with Crippen molar-refractivity contribution in [3.05, 3.63) is 33.3 Å². The third-order valence-corrected chi connectivity index (χ3v) is 6.47. The zero-order chi connectivity index (χ0) is 22.2. The second-order valence-electron chi connectivity index (χ2n) is 8.83. The highest BCUT2D eigenvalue weighted by atomic mass is 127. The predicted molar refractivity (Wildman–Crippen MR) is 124 cm³/mol. The molecule has 9 heteroatoms. The molecule has 2 N–H and O–H groups in total. The van der Waals surface area contributed by atoms with Crippen molar-refractivity contribution in [3.8, 4) is 17.0 Å². The molecule has 166 valence electrons. The van der Waals surface area contributed by atoms with Crippen LogP contribution in [0.3, 0.4) is 0 Å². The number of likely N-dealkylation sites (tertiary alicyclic amines) is 1. The van der Waals surface area contributed by atoms with Gasteiger partial charge in [0.25, 0.3) is 5.91 Å². The maximum absolute atomic E-state index is 12.6. The van der Waals surface area contributed by atoms with Gasteiger partial charge in [-0.15, -0.1) is 0 Å². The number of carbonyl (C=O) groups excluding carboxylic acids is 2. The van der Waals surface area contributed by atoms with Crippen LogP contribution in [-0.4, -0.2) is 58.2 Å². The highest BCUT2D eigenvalue weighted by molar-refractivity contribution is 14.1. The van der Waals surface area contributed by atoms with Crippen molar-refractivity contribution in [1.82, 2.24) is 20.2 Å². The molecule has 2 aromatic rings. The summed E-state index contributed by atoms with van der Waals surface area (Å²) < 4.78 is 12.6. The largest absolute Gasteiger partial charge is 0.489 e. The van der Waals surface area contributed by atoms with E-state index in [-0.39, 0.29) is 18.0 Å². The highest BCUT2D eigenvalue weighted by Gasteiger charge is 2.33. The van der Waals surface area contributed by atoms with Crippen LogP contribution in [0.15, 0.2) is 18.5 Å². The van der Waals surface area contributed by atoms with Crippen LogP contribution in [-0.2, 0) is 11.2 Å². The van der Waals surface area contributed by atoms with Crippen molar-refractivity contribution in [3.63, 3.8) is 0 Å². The van der Waals surface area contributed by atoms with Gasteiger partial charge in [0.05, 0.1) is 27.1 Å². The smallest absolute Gasteiger partial charge is 0.410 e. The fourth-order valence-electron chi connectivity index (χ4n) is 3.98. The molecular weight excluding hydrogens is 511 g/mol. The van der Waals surface area contributed by atoms with Crippen LogP contribution in [0.25, 0.3) is 11.3 Å². The van der Waals surface area contributed by atoms with Gasteiger partial charge in [0.15, 0.2) is 0 Å². The standard InChI is InChI=1S/C22H27IN4O4/c1-22(2,3)31-21(29)27-10-4-5-13(27)12-30-16-11-24-8-6-14(16)19-18(23)17-15(26-19)7-9-25-20(17)28/h6,8,11,13,26H,4-5,7,9-10,12H2,1-3H3,(H,25,28)/t13-/m0/s1. The van der Waals surface area contributed by atoms with Crippen molar-refractivity contribution < 1.29 is 19.1 Å². The Kier molecular flexibility index (Phi) is 6.14. The summed E-state index contributed by atoms with van der Waals surface area (Å²) in [5.41, 5.74) is 2.82. The Labute approximate surface area is 195 Å². The number of hydrogen-bond acceptors (Lipinski definition) is 5. The number of aromatic amines is 1.